The van der Waals surface area contributed by atoms with E-state index in [0.717, 1.165) is 0 Å². The summed E-state index contributed by atoms with van der Waals surface area (Å²) >= 11 is 0. The SMILES string of the molecule is COc1ncccc1-c1nnnn1C(C)(C)C(=O)O. The number of carbonyl (C=O) groups is 1. The second-order valence-corrected chi connectivity index (χ2v) is 4.34. The highest BCUT2D eigenvalue weighted by Gasteiger charge is 2.34. The molecule has 2 aromatic rings. The van der Waals surface area contributed by atoms with Crippen LogP contribution in [0, 0.1) is 0 Å². The molecular weight excluding hydrogens is 250 g/mol. The van der Waals surface area contributed by atoms with E-state index in [1.54, 1.807) is 18.3 Å². The first-order valence-corrected chi connectivity index (χ1v) is 5.50. The summed E-state index contributed by atoms with van der Waals surface area (Å²) in [6.45, 7) is 3.02. The van der Waals surface area contributed by atoms with Crippen molar-refractivity contribution in [3.8, 4) is 17.3 Å². The maximum Gasteiger partial charge on any atom is 0.331 e. The minimum atomic E-state index is -1.28. The van der Waals surface area contributed by atoms with Crippen molar-refractivity contribution in [1.29, 1.82) is 0 Å². The summed E-state index contributed by atoms with van der Waals surface area (Å²) in [5.74, 6) is -0.416. The zero-order valence-corrected chi connectivity index (χ0v) is 10.7. The van der Waals surface area contributed by atoms with Crippen molar-refractivity contribution >= 4 is 5.97 Å². The molecule has 2 heterocycles. The molecule has 19 heavy (non-hydrogen) atoms. The van der Waals surface area contributed by atoms with Crippen LogP contribution in [0.1, 0.15) is 13.8 Å². The number of carboxylic acids is 1. The van der Waals surface area contributed by atoms with Crippen molar-refractivity contribution in [1.82, 2.24) is 25.2 Å². The van der Waals surface area contributed by atoms with Gasteiger partial charge in [-0.25, -0.2) is 14.5 Å². The molecule has 0 amide bonds. The van der Waals surface area contributed by atoms with Crippen molar-refractivity contribution in [2.24, 2.45) is 0 Å². The minimum Gasteiger partial charge on any atom is -0.480 e. The van der Waals surface area contributed by atoms with Gasteiger partial charge in [-0.3, -0.25) is 0 Å². The van der Waals surface area contributed by atoms with Gasteiger partial charge in [0.1, 0.15) is 0 Å². The van der Waals surface area contributed by atoms with Gasteiger partial charge in [-0.15, -0.1) is 5.10 Å². The Kier molecular flexibility index (Phi) is 3.16. The van der Waals surface area contributed by atoms with Crippen LogP contribution in [0.5, 0.6) is 5.88 Å². The summed E-state index contributed by atoms with van der Waals surface area (Å²) in [6.07, 6.45) is 1.57. The molecule has 0 spiro atoms. The molecule has 0 saturated carbocycles. The van der Waals surface area contributed by atoms with E-state index in [1.807, 2.05) is 0 Å². The summed E-state index contributed by atoms with van der Waals surface area (Å²) < 4.78 is 6.36. The van der Waals surface area contributed by atoms with E-state index in [0.29, 0.717) is 11.4 Å². The monoisotopic (exact) mass is 263 g/mol. The molecule has 0 aliphatic carbocycles. The summed E-state index contributed by atoms with van der Waals surface area (Å²) in [5.41, 5.74) is -0.746. The molecule has 0 fully saturated rings. The molecule has 0 aliphatic rings. The van der Waals surface area contributed by atoms with Gasteiger partial charge < -0.3 is 9.84 Å². The first-order valence-electron chi connectivity index (χ1n) is 5.50. The first kappa shape index (κ1) is 12.9. The van der Waals surface area contributed by atoms with Gasteiger partial charge in [0.25, 0.3) is 0 Å². The predicted molar refractivity (Wildman–Crippen MR) is 64.6 cm³/mol. The van der Waals surface area contributed by atoms with Crippen LogP contribution in [0.4, 0.5) is 0 Å². The first-order chi connectivity index (χ1) is 8.98. The highest BCUT2D eigenvalue weighted by atomic mass is 16.5. The normalized spacial score (nSPS) is 11.3. The van der Waals surface area contributed by atoms with E-state index in [9.17, 15) is 9.90 Å². The van der Waals surface area contributed by atoms with Crippen LogP contribution >= 0.6 is 0 Å². The van der Waals surface area contributed by atoms with Crippen LogP contribution in [-0.4, -0.2) is 43.4 Å². The molecule has 0 atom stereocenters. The Hall–Kier alpha value is -2.51. The number of aliphatic carboxylic acids is 1. The van der Waals surface area contributed by atoms with Crippen LogP contribution in [0.25, 0.3) is 11.4 Å². The fraction of sp³-hybridized carbons (Fsp3) is 0.364. The van der Waals surface area contributed by atoms with Crippen LogP contribution in [-0.2, 0) is 10.3 Å². The van der Waals surface area contributed by atoms with Crippen molar-refractivity contribution in [3.05, 3.63) is 18.3 Å². The third-order valence-electron chi connectivity index (χ3n) is 2.73. The number of pyridine rings is 1. The Morgan fingerprint density at radius 1 is 1.47 bits per heavy atom. The highest BCUT2D eigenvalue weighted by molar-refractivity contribution is 5.76. The lowest BCUT2D eigenvalue weighted by Gasteiger charge is -2.20. The Bertz CT molecular complexity index is 608. The lowest BCUT2D eigenvalue weighted by atomic mass is 10.1. The number of rotatable bonds is 4. The molecule has 8 heteroatoms. The molecule has 0 bridgehead atoms. The van der Waals surface area contributed by atoms with Gasteiger partial charge in [0.05, 0.1) is 12.7 Å². The predicted octanol–water partition coefficient (Wildman–Crippen LogP) is 0.563. The molecule has 2 rings (SSSR count). The number of tetrazole rings is 1. The van der Waals surface area contributed by atoms with E-state index in [2.05, 4.69) is 20.5 Å². The number of nitrogens with zero attached hydrogens (tertiary/aromatic N) is 5. The van der Waals surface area contributed by atoms with Gasteiger partial charge in [-0.2, -0.15) is 0 Å². The molecule has 2 aromatic heterocycles. The van der Waals surface area contributed by atoms with Crippen LogP contribution in [0.3, 0.4) is 0 Å². The Labute approximate surface area is 109 Å². The van der Waals surface area contributed by atoms with Crippen molar-refractivity contribution in [2.45, 2.75) is 19.4 Å². The average Bonchev–Trinajstić information content (AvgIpc) is 2.88. The number of carboxylic acid groups (broad SMARTS) is 1. The van der Waals surface area contributed by atoms with E-state index in [4.69, 9.17) is 4.74 Å². The summed E-state index contributed by atoms with van der Waals surface area (Å²) in [4.78, 5) is 15.3. The third-order valence-corrected chi connectivity index (χ3v) is 2.73. The van der Waals surface area contributed by atoms with Crippen molar-refractivity contribution in [2.75, 3.05) is 7.11 Å². The average molecular weight is 263 g/mol. The zero-order valence-electron chi connectivity index (χ0n) is 10.7. The lowest BCUT2D eigenvalue weighted by molar-refractivity contribution is -0.146. The van der Waals surface area contributed by atoms with Gasteiger partial charge >= 0.3 is 5.97 Å². The summed E-state index contributed by atoms with van der Waals surface area (Å²) in [6, 6.07) is 3.41. The number of hydrogen-bond donors (Lipinski definition) is 1. The molecular formula is C11H13N5O3. The molecule has 1 N–H and O–H groups in total. The van der Waals surface area contributed by atoms with Crippen LogP contribution in [0.2, 0.25) is 0 Å². The quantitative estimate of drug-likeness (QED) is 0.859. The zero-order chi connectivity index (χ0) is 14.0. The molecule has 0 aromatic carbocycles. The largest absolute Gasteiger partial charge is 0.480 e. The molecule has 0 aliphatic heterocycles. The fourth-order valence-electron chi connectivity index (χ4n) is 1.55. The second kappa shape index (κ2) is 4.63. The Balaban J connectivity index is 2.60. The topological polar surface area (TPSA) is 103 Å². The Morgan fingerprint density at radius 2 is 2.21 bits per heavy atom. The minimum absolute atomic E-state index is 0.289. The van der Waals surface area contributed by atoms with E-state index < -0.39 is 11.5 Å². The standard InChI is InChI=1S/C11H13N5O3/c1-11(2,10(17)18)16-8(13-14-15-16)7-5-4-6-12-9(7)19-3/h4-6H,1-3H3,(H,17,18). The highest BCUT2D eigenvalue weighted by Crippen LogP contribution is 2.28. The van der Waals surface area contributed by atoms with E-state index in [1.165, 1.54) is 25.6 Å². The van der Waals surface area contributed by atoms with E-state index in [-0.39, 0.29) is 5.82 Å². The lowest BCUT2D eigenvalue weighted by Crippen LogP contribution is -2.37. The fourth-order valence-corrected chi connectivity index (χ4v) is 1.55. The molecule has 0 saturated heterocycles. The molecule has 0 unspecified atom stereocenters. The van der Waals surface area contributed by atoms with Gasteiger partial charge in [-0.1, -0.05) is 0 Å². The van der Waals surface area contributed by atoms with E-state index >= 15 is 0 Å². The Morgan fingerprint density at radius 3 is 2.84 bits per heavy atom. The number of hydrogen-bond acceptors (Lipinski definition) is 6. The number of ether oxygens (including phenoxy) is 1. The van der Waals surface area contributed by atoms with Gasteiger partial charge in [0, 0.05) is 6.20 Å². The molecule has 0 radical (unpaired) electrons. The second-order valence-electron chi connectivity index (χ2n) is 4.34. The smallest absolute Gasteiger partial charge is 0.331 e. The summed E-state index contributed by atoms with van der Waals surface area (Å²) in [7, 11) is 1.47. The molecule has 100 valence electrons. The van der Waals surface area contributed by atoms with Gasteiger partial charge in [-0.05, 0) is 36.4 Å². The number of aromatic nitrogens is 5. The maximum atomic E-state index is 11.3. The van der Waals surface area contributed by atoms with Crippen LogP contribution < -0.4 is 4.74 Å². The summed E-state index contributed by atoms with van der Waals surface area (Å²) in [5, 5.41) is 20.4. The van der Waals surface area contributed by atoms with Gasteiger partial charge in [0.15, 0.2) is 11.4 Å². The van der Waals surface area contributed by atoms with Crippen LogP contribution in [0.15, 0.2) is 18.3 Å². The van der Waals surface area contributed by atoms with Crippen molar-refractivity contribution < 1.29 is 14.6 Å². The molecule has 8 nitrogen and oxygen atoms in total. The maximum absolute atomic E-state index is 11.3. The van der Waals surface area contributed by atoms with Gasteiger partial charge in [0.2, 0.25) is 5.88 Å². The number of methoxy groups -OCH3 is 1. The van der Waals surface area contributed by atoms with Crippen molar-refractivity contribution in [3.63, 3.8) is 0 Å². The third kappa shape index (κ3) is 2.12.